The van der Waals surface area contributed by atoms with Crippen LogP contribution in [0.15, 0.2) is 11.4 Å². The SMILES string of the molecule is CN(CC(C)(C)C)C(=O)c1csc(C#CCN)c1. The van der Waals surface area contributed by atoms with Crippen molar-refractivity contribution in [3.05, 3.63) is 21.9 Å². The minimum absolute atomic E-state index is 0.0435. The van der Waals surface area contributed by atoms with Gasteiger partial charge in [-0.2, -0.15) is 0 Å². The van der Waals surface area contributed by atoms with Crippen LogP contribution in [0.4, 0.5) is 0 Å². The molecule has 4 heteroatoms. The maximum atomic E-state index is 12.2. The van der Waals surface area contributed by atoms with Crippen LogP contribution in [0.25, 0.3) is 0 Å². The average Bonchev–Trinajstić information content (AvgIpc) is 2.71. The van der Waals surface area contributed by atoms with E-state index in [1.807, 2.05) is 18.5 Å². The van der Waals surface area contributed by atoms with Crippen LogP contribution in [0.1, 0.15) is 36.0 Å². The van der Waals surface area contributed by atoms with Crippen molar-refractivity contribution in [1.29, 1.82) is 0 Å². The van der Waals surface area contributed by atoms with Crippen molar-refractivity contribution >= 4 is 17.2 Å². The lowest BCUT2D eigenvalue weighted by Crippen LogP contribution is -2.34. The van der Waals surface area contributed by atoms with E-state index in [1.54, 1.807) is 4.90 Å². The van der Waals surface area contributed by atoms with Crippen LogP contribution < -0.4 is 5.73 Å². The molecule has 0 saturated heterocycles. The van der Waals surface area contributed by atoms with Crippen LogP contribution in [-0.2, 0) is 0 Å². The monoisotopic (exact) mass is 264 g/mol. The molecule has 0 aliphatic rings. The van der Waals surface area contributed by atoms with E-state index in [4.69, 9.17) is 5.73 Å². The van der Waals surface area contributed by atoms with Crippen LogP contribution in [-0.4, -0.2) is 30.9 Å². The Hall–Kier alpha value is -1.31. The topological polar surface area (TPSA) is 46.3 Å². The highest BCUT2D eigenvalue weighted by molar-refractivity contribution is 7.10. The molecule has 1 amide bonds. The van der Waals surface area contributed by atoms with Gasteiger partial charge in [0.05, 0.1) is 17.0 Å². The molecule has 0 aliphatic heterocycles. The molecule has 18 heavy (non-hydrogen) atoms. The van der Waals surface area contributed by atoms with Gasteiger partial charge in [-0.3, -0.25) is 4.79 Å². The van der Waals surface area contributed by atoms with Gasteiger partial charge in [0.2, 0.25) is 0 Å². The molecule has 0 fully saturated rings. The van der Waals surface area contributed by atoms with E-state index in [1.165, 1.54) is 11.3 Å². The van der Waals surface area contributed by atoms with Crippen molar-refractivity contribution in [3.8, 4) is 11.8 Å². The first kappa shape index (κ1) is 14.7. The Balaban J connectivity index is 2.75. The van der Waals surface area contributed by atoms with Crippen molar-refractivity contribution in [1.82, 2.24) is 4.90 Å². The number of carbonyl (C=O) groups is 1. The van der Waals surface area contributed by atoms with Crippen molar-refractivity contribution in [2.75, 3.05) is 20.1 Å². The molecule has 0 unspecified atom stereocenters. The predicted octanol–water partition coefficient (Wildman–Crippen LogP) is 2.18. The van der Waals surface area contributed by atoms with Gasteiger partial charge < -0.3 is 10.6 Å². The van der Waals surface area contributed by atoms with Gasteiger partial charge in [0.25, 0.3) is 5.91 Å². The molecule has 0 saturated carbocycles. The van der Waals surface area contributed by atoms with Gasteiger partial charge in [-0.25, -0.2) is 0 Å². The summed E-state index contributed by atoms with van der Waals surface area (Å²) in [5.41, 5.74) is 6.12. The normalized spacial score (nSPS) is 10.7. The third-order valence-electron chi connectivity index (χ3n) is 2.22. The quantitative estimate of drug-likeness (QED) is 0.832. The molecular weight excluding hydrogens is 244 g/mol. The zero-order chi connectivity index (χ0) is 13.8. The van der Waals surface area contributed by atoms with Gasteiger partial charge in [-0.15, -0.1) is 11.3 Å². The molecule has 1 aromatic heterocycles. The minimum atomic E-state index is 0.0435. The van der Waals surface area contributed by atoms with Gasteiger partial charge in [-0.1, -0.05) is 32.6 Å². The first-order valence-corrected chi connectivity index (χ1v) is 6.74. The summed E-state index contributed by atoms with van der Waals surface area (Å²) in [4.78, 5) is 14.8. The second-order valence-electron chi connectivity index (χ2n) is 5.43. The summed E-state index contributed by atoms with van der Waals surface area (Å²) in [6, 6.07) is 1.83. The smallest absolute Gasteiger partial charge is 0.254 e. The van der Waals surface area contributed by atoms with E-state index in [9.17, 15) is 4.79 Å². The zero-order valence-corrected chi connectivity index (χ0v) is 12.2. The summed E-state index contributed by atoms with van der Waals surface area (Å²) >= 11 is 1.48. The largest absolute Gasteiger partial charge is 0.341 e. The minimum Gasteiger partial charge on any atom is -0.341 e. The second-order valence-corrected chi connectivity index (χ2v) is 6.34. The first-order chi connectivity index (χ1) is 8.33. The molecule has 1 heterocycles. The summed E-state index contributed by atoms with van der Waals surface area (Å²) in [5.74, 6) is 5.77. The zero-order valence-electron chi connectivity index (χ0n) is 11.4. The lowest BCUT2D eigenvalue weighted by Gasteiger charge is -2.26. The molecule has 3 nitrogen and oxygen atoms in total. The van der Waals surface area contributed by atoms with E-state index in [0.717, 1.165) is 11.4 Å². The predicted molar refractivity (Wildman–Crippen MR) is 76.7 cm³/mol. The molecule has 0 bridgehead atoms. The number of hydrogen-bond acceptors (Lipinski definition) is 3. The Labute approximate surface area is 113 Å². The van der Waals surface area contributed by atoms with Crippen LogP contribution in [0.2, 0.25) is 0 Å². The number of hydrogen-bond donors (Lipinski definition) is 1. The number of carbonyl (C=O) groups excluding carboxylic acids is 1. The molecule has 0 aliphatic carbocycles. The highest BCUT2D eigenvalue weighted by atomic mass is 32.1. The van der Waals surface area contributed by atoms with Crippen LogP contribution >= 0.6 is 11.3 Å². The summed E-state index contributed by atoms with van der Waals surface area (Å²) in [6.07, 6.45) is 0. The average molecular weight is 264 g/mol. The standard InChI is InChI=1S/C14H20N2OS/c1-14(2,3)10-16(4)13(17)11-8-12(18-9-11)6-5-7-15/h8-9H,7,10,15H2,1-4H3. The Morgan fingerprint density at radius 2 is 2.17 bits per heavy atom. The molecule has 1 aromatic rings. The highest BCUT2D eigenvalue weighted by Gasteiger charge is 2.19. The fourth-order valence-electron chi connectivity index (χ4n) is 1.66. The molecule has 98 valence electrons. The number of amides is 1. The van der Waals surface area contributed by atoms with Gasteiger partial charge in [0.15, 0.2) is 0 Å². The van der Waals surface area contributed by atoms with Gasteiger partial charge in [0, 0.05) is 19.0 Å². The second kappa shape index (κ2) is 6.03. The number of nitrogens with two attached hydrogens (primary N) is 1. The molecule has 0 aromatic carbocycles. The Bertz CT molecular complexity index is 474. The van der Waals surface area contributed by atoms with Gasteiger partial charge in [0.1, 0.15) is 0 Å². The maximum absolute atomic E-state index is 12.2. The fraction of sp³-hybridized carbons (Fsp3) is 0.500. The van der Waals surface area contributed by atoms with E-state index >= 15 is 0 Å². The van der Waals surface area contributed by atoms with Gasteiger partial charge in [-0.05, 0) is 11.5 Å². The Morgan fingerprint density at radius 1 is 1.50 bits per heavy atom. The van der Waals surface area contributed by atoms with Crippen LogP contribution in [0, 0.1) is 17.3 Å². The molecule has 0 radical (unpaired) electrons. The van der Waals surface area contributed by atoms with E-state index in [0.29, 0.717) is 12.1 Å². The number of thiophene rings is 1. The van der Waals surface area contributed by atoms with E-state index < -0.39 is 0 Å². The van der Waals surface area contributed by atoms with Crippen molar-refractivity contribution in [2.45, 2.75) is 20.8 Å². The van der Waals surface area contributed by atoms with Crippen LogP contribution in [0.3, 0.4) is 0 Å². The van der Waals surface area contributed by atoms with Crippen LogP contribution in [0.5, 0.6) is 0 Å². The van der Waals surface area contributed by atoms with Crippen molar-refractivity contribution in [3.63, 3.8) is 0 Å². The molecule has 1 rings (SSSR count). The summed E-state index contributed by atoms with van der Waals surface area (Å²) in [5, 5.41) is 1.85. The van der Waals surface area contributed by atoms with Crippen molar-refractivity contribution < 1.29 is 4.79 Å². The molecular formula is C14H20N2OS. The highest BCUT2D eigenvalue weighted by Crippen LogP contribution is 2.18. The molecule has 2 N–H and O–H groups in total. The van der Waals surface area contributed by atoms with Gasteiger partial charge >= 0.3 is 0 Å². The summed E-state index contributed by atoms with van der Waals surface area (Å²) in [7, 11) is 1.83. The maximum Gasteiger partial charge on any atom is 0.254 e. The number of nitrogens with zero attached hydrogens (tertiary/aromatic N) is 1. The van der Waals surface area contributed by atoms with Crippen molar-refractivity contribution in [2.24, 2.45) is 11.1 Å². The molecule has 0 spiro atoms. The lowest BCUT2D eigenvalue weighted by molar-refractivity contribution is 0.0746. The Morgan fingerprint density at radius 3 is 2.72 bits per heavy atom. The third-order valence-corrected chi connectivity index (χ3v) is 3.06. The van der Waals surface area contributed by atoms with E-state index in [-0.39, 0.29) is 11.3 Å². The van der Waals surface area contributed by atoms with E-state index in [2.05, 4.69) is 32.6 Å². The summed E-state index contributed by atoms with van der Waals surface area (Å²) < 4.78 is 0. The molecule has 0 atom stereocenters. The number of rotatable bonds is 2. The fourth-order valence-corrected chi connectivity index (χ4v) is 2.40. The lowest BCUT2D eigenvalue weighted by atomic mass is 9.96. The Kier molecular flexibility index (Phi) is 4.94. The first-order valence-electron chi connectivity index (χ1n) is 5.86. The summed E-state index contributed by atoms with van der Waals surface area (Å²) in [6.45, 7) is 7.41. The third kappa shape index (κ3) is 4.52.